The van der Waals surface area contributed by atoms with Gasteiger partial charge >= 0.3 is 5.97 Å². The molecule has 0 fully saturated rings. The highest BCUT2D eigenvalue weighted by Crippen LogP contribution is 2.08. The molecule has 0 saturated heterocycles. The Labute approximate surface area is 216 Å². The molecule has 0 saturated carbocycles. The number of amides is 4. The van der Waals surface area contributed by atoms with Crippen LogP contribution < -0.4 is 44.6 Å². The van der Waals surface area contributed by atoms with Crippen molar-refractivity contribution in [2.45, 2.75) is 83.0 Å². The van der Waals surface area contributed by atoms with E-state index in [1.54, 1.807) is 0 Å². The van der Waals surface area contributed by atoms with Gasteiger partial charge in [-0.1, -0.05) is 13.8 Å². The first kappa shape index (κ1) is 33.5. The van der Waals surface area contributed by atoms with Gasteiger partial charge < -0.3 is 49.7 Å². The van der Waals surface area contributed by atoms with Gasteiger partial charge in [0, 0.05) is 6.54 Å². The Balaban J connectivity index is 5.66. The monoisotopic (exact) mass is 529 g/mol. The van der Waals surface area contributed by atoms with Gasteiger partial charge in [0.2, 0.25) is 23.6 Å². The van der Waals surface area contributed by atoms with E-state index in [9.17, 15) is 29.1 Å². The van der Waals surface area contributed by atoms with Crippen LogP contribution in [0.25, 0.3) is 0 Å². The molecule has 0 aliphatic rings. The predicted octanol–water partition coefficient (Wildman–Crippen LogP) is -3.04. The fraction of sp³-hybridized carbons (Fsp3) is 0.727. The molecule has 0 heterocycles. The fourth-order valence-electron chi connectivity index (χ4n) is 3.37. The predicted molar refractivity (Wildman–Crippen MR) is 137 cm³/mol. The summed E-state index contributed by atoms with van der Waals surface area (Å²) in [6.45, 7) is 4.35. The van der Waals surface area contributed by atoms with Crippen molar-refractivity contribution >= 4 is 35.6 Å². The van der Waals surface area contributed by atoms with Crippen LogP contribution in [-0.4, -0.2) is 77.9 Å². The zero-order chi connectivity index (χ0) is 28.5. The maximum absolute atomic E-state index is 13.1. The molecule has 4 unspecified atom stereocenters. The molecule has 0 aliphatic carbocycles. The minimum Gasteiger partial charge on any atom is -0.480 e. The quantitative estimate of drug-likeness (QED) is 0.0463. The number of nitrogens with one attached hydrogen (secondary N) is 3. The molecule has 15 nitrogen and oxygen atoms in total. The van der Waals surface area contributed by atoms with Crippen LogP contribution in [0.3, 0.4) is 0 Å². The van der Waals surface area contributed by atoms with Crippen molar-refractivity contribution in [1.29, 1.82) is 0 Å². The van der Waals surface area contributed by atoms with Crippen molar-refractivity contribution in [2.75, 3.05) is 13.1 Å². The normalized spacial score (nSPS) is 14.1. The summed E-state index contributed by atoms with van der Waals surface area (Å²) < 4.78 is 0. The number of guanidine groups is 1. The van der Waals surface area contributed by atoms with E-state index in [2.05, 4.69) is 20.9 Å². The van der Waals surface area contributed by atoms with Crippen LogP contribution in [0.1, 0.15) is 58.8 Å². The fourth-order valence-corrected chi connectivity index (χ4v) is 3.37. The first-order valence-electron chi connectivity index (χ1n) is 12.2. The lowest BCUT2D eigenvalue weighted by atomic mass is 10.0. The zero-order valence-corrected chi connectivity index (χ0v) is 21.6. The van der Waals surface area contributed by atoms with Crippen molar-refractivity contribution in [1.82, 2.24) is 16.0 Å². The molecule has 4 amide bonds. The van der Waals surface area contributed by atoms with Crippen molar-refractivity contribution < 1.29 is 29.1 Å². The second-order valence-corrected chi connectivity index (χ2v) is 9.16. The second kappa shape index (κ2) is 17.9. The third-order valence-corrected chi connectivity index (χ3v) is 5.24. The highest BCUT2D eigenvalue weighted by molar-refractivity contribution is 5.94. The molecule has 0 aromatic rings. The minimum atomic E-state index is -1.59. The third-order valence-electron chi connectivity index (χ3n) is 5.24. The number of nitrogens with two attached hydrogens (primary N) is 5. The molecule has 15 heteroatoms. The lowest BCUT2D eigenvalue weighted by Crippen LogP contribution is -2.57. The van der Waals surface area contributed by atoms with Gasteiger partial charge in [-0.15, -0.1) is 0 Å². The van der Waals surface area contributed by atoms with Crippen LogP contribution in [0.5, 0.6) is 0 Å². The standard InChI is InChI=1S/C22H43N9O6/c1-12(2)10-13(24)18(33)29-14(6-3-4-8-23)19(34)30-15(7-5-9-28-22(26)27)20(35)31-16(21(36)37)11-17(25)32/h12-16H,3-11,23-24H2,1-2H3,(H2,25,32)(H,29,33)(H,30,34)(H,31,35)(H,36,37)(H4,26,27,28). The molecule has 0 rings (SSSR count). The van der Waals surface area contributed by atoms with E-state index in [4.69, 9.17) is 28.7 Å². The van der Waals surface area contributed by atoms with Crippen LogP contribution in [0.4, 0.5) is 0 Å². The summed E-state index contributed by atoms with van der Waals surface area (Å²) in [5, 5.41) is 16.7. The molecule has 0 spiro atoms. The van der Waals surface area contributed by atoms with Gasteiger partial charge in [-0.2, -0.15) is 0 Å². The number of unbranched alkanes of at least 4 members (excludes halogenated alkanes) is 1. The van der Waals surface area contributed by atoms with Crippen LogP contribution in [0.2, 0.25) is 0 Å². The lowest BCUT2D eigenvalue weighted by Gasteiger charge is -2.25. The first-order valence-corrected chi connectivity index (χ1v) is 12.2. The number of carbonyl (C=O) groups excluding carboxylic acids is 4. The van der Waals surface area contributed by atoms with Gasteiger partial charge in [0.15, 0.2) is 5.96 Å². The summed E-state index contributed by atoms with van der Waals surface area (Å²) >= 11 is 0. The summed E-state index contributed by atoms with van der Waals surface area (Å²) in [7, 11) is 0. The minimum absolute atomic E-state index is 0.0353. The Morgan fingerprint density at radius 2 is 1.32 bits per heavy atom. The van der Waals surface area contributed by atoms with Gasteiger partial charge in [0.1, 0.15) is 18.1 Å². The summed E-state index contributed by atoms with van der Waals surface area (Å²) in [5.74, 6) is -4.42. The van der Waals surface area contributed by atoms with E-state index in [1.807, 2.05) is 13.8 Å². The van der Waals surface area contributed by atoms with Crippen molar-refractivity contribution in [3.63, 3.8) is 0 Å². The van der Waals surface area contributed by atoms with Gasteiger partial charge in [0.25, 0.3) is 0 Å². The molecular formula is C22H43N9O6. The van der Waals surface area contributed by atoms with Crippen LogP contribution in [0.15, 0.2) is 4.99 Å². The molecular weight excluding hydrogens is 486 g/mol. The third kappa shape index (κ3) is 15.3. The maximum Gasteiger partial charge on any atom is 0.326 e. The molecule has 212 valence electrons. The highest BCUT2D eigenvalue weighted by atomic mass is 16.4. The largest absolute Gasteiger partial charge is 0.480 e. The van der Waals surface area contributed by atoms with Crippen molar-refractivity contribution in [3.05, 3.63) is 0 Å². The number of primary amides is 1. The van der Waals surface area contributed by atoms with E-state index in [1.165, 1.54) is 0 Å². The van der Waals surface area contributed by atoms with E-state index >= 15 is 0 Å². The Kier molecular flexibility index (Phi) is 16.2. The summed E-state index contributed by atoms with van der Waals surface area (Å²) in [5.41, 5.74) is 27.2. The summed E-state index contributed by atoms with van der Waals surface area (Å²) in [6.07, 6.45) is 1.44. The Morgan fingerprint density at radius 3 is 1.78 bits per heavy atom. The Morgan fingerprint density at radius 1 is 0.811 bits per heavy atom. The van der Waals surface area contributed by atoms with E-state index in [0.29, 0.717) is 25.8 Å². The number of nitrogens with zero attached hydrogens (tertiary/aromatic N) is 1. The number of aliphatic carboxylic acids is 1. The zero-order valence-electron chi connectivity index (χ0n) is 21.6. The number of carboxylic acid groups (broad SMARTS) is 1. The summed E-state index contributed by atoms with van der Waals surface area (Å²) in [4.78, 5) is 65.1. The Bertz CT molecular complexity index is 802. The van der Waals surface area contributed by atoms with E-state index in [0.717, 1.165) is 0 Å². The van der Waals surface area contributed by atoms with E-state index < -0.39 is 60.2 Å². The smallest absolute Gasteiger partial charge is 0.326 e. The number of hydrogen-bond donors (Lipinski definition) is 9. The molecule has 37 heavy (non-hydrogen) atoms. The molecule has 0 bridgehead atoms. The molecule has 4 atom stereocenters. The highest BCUT2D eigenvalue weighted by Gasteiger charge is 2.30. The first-order chi connectivity index (χ1) is 17.3. The molecule has 0 aromatic carbocycles. The molecule has 0 aliphatic heterocycles. The topological polar surface area (TPSA) is 284 Å². The lowest BCUT2D eigenvalue weighted by molar-refractivity contribution is -0.143. The SMILES string of the molecule is CC(C)CC(N)C(=O)NC(CCCCN)C(=O)NC(CCCN=C(N)N)C(=O)NC(CC(N)=O)C(=O)O. The maximum atomic E-state index is 13.1. The number of hydrogen-bond acceptors (Lipinski definition) is 8. The second-order valence-electron chi connectivity index (χ2n) is 9.16. The van der Waals surface area contributed by atoms with Gasteiger partial charge in [-0.05, 0) is 51.0 Å². The average molecular weight is 530 g/mol. The van der Waals surface area contributed by atoms with Crippen LogP contribution in [0, 0.1) is 5.92 Å². The number of rotatable bonds is 19. The van der Waals surface area contributed by atoms with Gasteiger partial charge in [-0.3, -0.25) is 24.2 Å². The molecule has 0 radical (unpaired) electrons. The molecule has 14 N–H and O–H groups in total. The van der Waals surface area contributed by atoms with Crippen molar-refractivity contribution in [2.24, 2.45) is 39.6 Å². The molecule has 0 aromatic heterocycles. The number of aliphatic imine (C=N–C) groups is 1. The number of carboxylic acids is 1. The van der Waals surface area contributed by atoms with Gasteiger partial charge in [-0.25, -0.2) is 4.79 Å². The van der Waals surface area contributed by atoms with E-state index in [-0.39, 0.29) is 37.7 Å². The van der Waals surface area contributed by atoms with Crippen molar-refractivity contribution in [3.8, 4) is 0 Å². The average Bonchev–Trinajstić information content (AvgIpc) is 2.78. The summed E-state index contributed by atoms with van der Waals surface area (Å²) in [6, 6.07) is -4.63. The van der Waals surface area contributed by atoms with Gasteiger partial charge in [0.05, 0.1) is 12.5 Å². The van der Waals surface area contributed by atoms with Crippen LogP contribution in [-0.2, 0) is 24.0 Å². The number of carbonyl (C=O) groups is 5. The Hall–Kier alpha value is -3.46. The van der Waals surface area contributed by atoms with Crippen LogP contribution >= 0.6 is 0 Å².